The number of halogens is 3. The van der Waals surface area contributed by atoms with Crippen LogP contribution in [0.3, 0.4) is 0 Å². The molecule has 2 atom stereocenters. The van der Waals surface area contributed by atoms with Crippen LogP contribution in [0.25, 0.3) is 11.1 Å². The Kier molecular flexibility index (Phi) is 6.46. The number of anilines is 1. The molecule has 1 heterocycles. The number of hydrogen-bond acceptors (Lipinski definition) is 5. The molecule has 1 aromatic heterocycles. The van der Waals surface area contributed by atoms with E-state index in [1.807, 2.05) is 0 Å². The van der Waals surface area contributed by atoms with E-state index in [1.165, 1.54) is 13.2 Å². The molecule has 7 nitrogen and oxygen atoms in total. The van der Waals surface area contributed by atoms with Crippen molar-refractivity contribution in [2.24, 2.45) is 11.3 Å². The smallest absolute Gasteiger partial charge is 0.240 e. The first-order chi connectivity index (χ1) is 16.3. The normalized spacial score (nSPS) is 20.7. The van der Waals surface area contributed by atoms with Gasteiger partial charge in [-0.15, -0.1) is 0 Å². The lowest BCUT2D eigenvalue weighted by molar-refractivity contribution is -0.127. The van der Waals surface area contributed by atoms with Crippen LogP contribution in [0, 0.1) is 40.1 Å². The lowest BCUT2D eigenvalue weighted by atomic mass is 9.84. The number of ether oxygens (including phenoxy) is 1. The van der Waals surface area contributed by atoms with Crippen molar-refractivity contribution in [1.29, 1.82) is 5.26 Å². The van der Waals surface area contributed by atoms with Crippen LogP contribution in [0.2, 0.25) is 0 Å². The van der Waals surface area contributed by atoms with Gasteiger partial charge in [-0.3, -0.25) is 9.59 Å². The monoisotopic (exact) mass is 472 g/mol. The van der Waals surface area contributed by atoms with Gasteiger partial charge < -0.3 is 15.4 Å². The number of benzene rings is 1. The Hall–Kier alpha value is -3.61. The van der Waals surface area contributed by atoms with Crippen molar-refractivity contribution in [2.45, 2.75) is 44.6 Å². The van der Waals surface area contributed by atoms with Gasteiger partial charge in [0.2, 0.25) is 11.8 Å². The number of pyridine rings is 1. The maximum atomic E-state index is 14.5. The number of nitrogens with one attached hydrogen (secondary N) is 2. The van der Waals surface area contributed by atoms with Gasteiger partial charge in [0, 0.05) is 29.2 Å². The van der Waals surface area contributed by atoms with E-state index in [1.54, 1.807) is 0 Å². The summed E-state index contributed by atoms with van der Waals surface area (Å²) in [5.41, 5.74) is -1.06. The lowest BCUT2D eigenvalue weighted by Crippen LogP contribution is -2.43. The predicted octanol–water partition coefficient (Wildman–Crippen LogP) is 4.09. The third kappa shape index (κ3) is 4.69. The number of carbonyl (C=O) groups is 2. The van der Waals surface area contributed by atoms with E-state index >= 15 is 0 Å². The van der Waals surface area contributed by atoms with Crippen molar-refractivity contribution in [1.82, 2.24) is 10.3 Å². The Labute approximate surface area is 194 Å². The number of rotatable bonds is 6. The summed E-state index contributed by atoms with van der Waals surface area (Å²) >= 11 is 0. The molecular formula is C24H23F3N4O3. The number of amides is 2. The minimum atomic E-state index is -1.17. The van der Waals surface area contributed by atoms with Gasteiger partial charge in [0.05, 0.1) is 19.4 Å². The van der Waals surface area contributed by atoms with Crippen LogP contribution in [0.1, 0.15) is 38.5 Å². The van der Waals surface area contributed by atoms with Crippen LogP contribution < -0.4 is 15.4 Å². The maximum Gasteiger partial charge on any atom is 0.240 e. The van der Waals surface area contributed by atoms with E-state index in [4.69, 9.17) is 4.74 Å². The summed E-state index contributed by atoms with van der Waals surface area (Å²) in [4.78, 5) is 29.1. The van der Waals surface area contributed by atoms with E-state index in [0.29, 0.717) is 32.1 Å². The van der Waals surface area contributed by atoms with Crippen LogP contribution in [0.4, 0.5) is 19.0 Å². The molecule has 2 aliphatic rings. The fraction of sp³-hybridized carbons (Fsp3) is 0.417. The second-order valence-electron chi connectivity index (χ2n) is 8.73. The van der Waals surface area contributed by atoms with E-state index in [2.05, 4.69) is 21.7 Å². The van der Waals surface area contributed by atoms with Gasteiger partial charge in [0.15, 0.2) is 11.6 Å². The van der Waals surface area contributed by atoms with Gasteiger partial charge in [-0.1, -0.05) is 6.42 Å². The highest BCUT2D eigenvalue weighted by Gasteiger charge is 2.51. The van der Waals surface area contributed by atoms with Crippen LogP contribution in [-0.2, 0) is 9.59 Å². The first-order valence-corrected chi connectivity index (χ1v) is 11.0. The Bertz CT molecular complexity index is 1180. The fourth-order valence-corrected chi connectivity index (χ4v) is 4.25. The molecule has 2 amide bonds. The molecule has 2 fully saturated rings. The molecule has 2 aromatic rings. The minimum absolute atomic E-state index is 0.0243. The summed E-state index contributed by atoms with van der Waals surface area (Å²) in [7, 11) is 1.25. The highest BCUT2D eigenvalue weighted by atomic mass is 19.2. The molecule has 1 aromatic carbocycles. The summed E-state index contributed by atoms with van der Waals surface area (Å²) < 4.78 is 46.9. The summed E-state index contributed by atoms with van der Waals surface area (Å²) in [5, 5.41) is 14.7. The van der Waals surface area contributed by atoms with E-state index < -0.39 is 28.8 Å². The van der Waals surface area contributed by atoms with Gasteiger partial charge in [-0.05, 0) is 44.2 Å². The molecule has 4 rings (SSSR count). The molecular weight excluding hydrogens is 449 g/mol. The SMILES string of the molecule is COc1cc(F)c(F)cc1-c1cc(NC(=O)[C@H]2CCC[C@@H](NC(=O)C3(C#N)CC3)C2)ncc1F. The van der Waals surface area contributed by atoms with Gasteiger partial charge in [-0.2, -0.15) is 5.26 Å². The van der Waals surface area contributed by atoms with Crippen molar-refractivity contribution in [3.63, 3.8) is 0 Å². The quantitative estimate of drug-likeness (QED) is 0.659. The summed E-state index contributed by atoms with van der Waals surface area (Å²) in [6.07, 6.45) is 4.42. The number of carbonyl (C=O) groups excluding carboxylic acids is 2. The lowest BCUT2D eigenvalue weighted by Gasteiger charge is -2.29. The number of aromatic nitrogens is 1. The van der Waals surface area contributed by atoms with Crippen LogP contribution in [-0.4, -0.2) is 29.9 Å². The average molecular weight is 472 g/mol. The third-order valence-electron chi connectivity index (χ3n) is 6.42. The molecule has 2 saturated carbocycles. The number of hydrogen-bond donors (Lipinski definition) is 2. The Morgan fingerprint density at radius 2 is 1.85 bits per heavy atom. The number of nitrogens with zero attached hydrogens (tertiary/aromatic N) is 2. The number of methoxy groups -OCH3 is 1. The molecule has 0 aliphatic heterocycles. The first kappa shape index (κ1) is 23.5. The molecule has 0 unspecified atom stereocenters. The van der Waals surface area contributed by atoms with E-state index in [0.717, 1.165) is 24.8 Å². The van der Waals surface area contributed by atoms with Crippen molar-refractivity contribution in [3.05, 3.63) is 41.8 Å². The van der Waals surface area contributed by atoms with E-state index in [9.17, 15) is 28.0 Å². The second kappa shape index (κ2) is 9.33. The van der Waals surface area contributed by atoms with Crippen LogP contribution in [0.5, 0.6) is 5.75 Å². The van der Waals surface area contributed by atoms with Crippen LogP contribution in [0.15, 0.2) is 24.4 Å². The number of nitriles is 1. The Morgan fingerprint density at radius 3 is 2.53 bits per heavy atom. The predicted molar refractivity (Wildman–Crippen MR) is 116 cm³/mol. The highest BCUT2D eigenvalue weighted by molar-refractivity contribution is 5.93. The Morgan fingerprint density at radius 1 is 1.12 bits per heavy atom. The van der Waals surface area contributed by atoms with Crippen molar-refractivity contribution in [3.8, 4) is 22.9 Å². The third-order valence-corrected chi connectivity index (χ3v) is 6.42. The van der Waals surface area contributed by atoms with Crippen molar-refractivity contribution in [2.75, 3.05) is 12.4 Å². The van der Waals surface area contributed by atoms with Crippen molar-refractivity contribution >= 4 is 17.6 Å². The molecule has 0 radical (unpaired) electrons. The van der Waals surface area contributed by atoms with E-state index in [-0.39, 0.29) is 40.6 Å². The molecule has 0 spiro atoms. The molecule has 34 heavy (non-hydrogen) atoms. The van der Waals surface area contributed by atoms with Crippen molar-refractivity contribution < 1.29 is 27.5 Å². The molecule has 10 heteroatoms. The van der Waals surface area contributed by atoms with Gasteiger partial charge >= 0.3 is 0 Å². The zero-order valence-corrected chi connectivity index (χ0v) is 18.5. The highest BCUT2D eigenvalue weighted by Crippen LogP contribution is 2.45. The summed E-state index contributed by atoms with van der Waals surface area (Å²) in [6.45, 7) is 0. The first-order valence-electron chi connectivity index (χ1n) is 11.0. The van der Waals surface area contributed by atoms with Gasteiger partial charge in [0.1, 0.15) is 22.8 Å². The largest absolute Gasteiger partial charge is 0.496 e. The molecule has 178 valence electrons. The fourth-order valence-electron chi connectivity index (χ4n) is 4.25. The summed E-state index contributed by atoms with van der Waals surface area (Å²) in [5.74, 6) is -4.17. The minimum Gasteiger partial charge on any atom is -0.496 e. The topological polar surface area (TPSA) is 104 Å². The van der Waals surface area contributed by atoms with Gasteiger partial charge in [-0.25, -0.2) is 18.2 Å². The standard InChI is InChI=1S/C24H23F3N4O3/c1-34-20-10-18(26)17(25)8-16(20)15-9-21(29-11-19(15)27)31-22(32)13-3-2-4-14(7-13)30-23(33)24(12-28)5-6-24/h8-11,13-14H,2-7H2,1H3,(H,30,33)(H,29,31,32)/t13-,14+/m0/s1. The molecule has 0 saturated heterocycles. The zero-order valence-electron chi connectivity index (χ0n) is 18.5. The average Bonchev–Trinajstić information content (AvgIpc) is 3.63. The molecule has 0 bridgehead atoms. The maximum absolute atomic E-state index is 14.5. The van der Waals surface area contributed by atoms with Crippen LogP contribution >= 0.6 is 0 Å². The zero-order chi connectivity index (χ0) is 24.5. The molecule has 2 N–H and O–H groups in total. The second-order valence-corrected chi connectivity index (χ2v) is 8.73. The molecule has 2 aliphatic carbocycles. The van der Waals surface area contributed by atoms with Gasteiger partial charge in [0.25, 0.3) is 0 Å². The summed E-state index contributed by atoms with van der Waals surface area (Å²) in [6, 6.07) is 4.71. The Balaban J connectivity index is 1.47.